The molecule has 11 nitrogen and oxygen atoms in total. The van der Waals surface area contributed by atoms with E-state index in [9.17, 15) is 14.0 Å². The Bertz CT molecular complexity index is 2300. The van der Waals surface area contributed by atoms with Crippen LogP contribution in [0.2, 0.25) is 5.02 Å². The molecule has 4 fully saturated rings. The molecule has 0 bridgehead atoms. The van der Waals surface area contributed by atoms with Gasteiger partial charge in [0.15, 0.2) is 5.82 Å². The van der Waals surface area contributed by atoms with Crippen LogP contribution in [0.15, 0.2) is 54.7 Å². The minimum absolute atomic E-state index is 0.0398. The van der Waals surface area contributed by atoms with Crippen molar-refractivity contribution in [1.29, 1.82) is 0 Å². The Kier molecular flexibility index (Phi) is 10.4. The van der Waals surface area contributed by atoms with Crippen LogP contribution >= 0.6 is 11.6 Å². The lowest BCUT2D eigenvalue weighted by Gasteiger charge is -2.39. The van der Waals surface area contributed by atoms with Crippen LogP contribution in [0.1, 0.15) is 46.5 Å². The summed E-state index contributed by atoms with van der Waals surface area (Å²) in [4.78, 5) is 44.6. The largest absolute Gasteiger partial charge is 0.444 e. The summed E-state index contributed by atoms with van der Waals surface area (Å²) in [5.41, 5.74) is -0.666. The van der Waals surface area contributed by atoms with Crippen LogP contribution in [0.4, 0.5) is 23.8 Å². The number of alkyl halides is 2. The maximum Gasteiger partial charge on any atom is 0.434 e. The second-order valence-corrected chi connectivity index (χ2v) is 17.0. The van der Waals surface area contributed by atoms with Gasteiger partial charge < -0.3 is 19.3 Å². The van der Waals surface area contributed by atoms with E-state index in [1.807, 2.05) is 18.2 Å². The average Bonchev–Trinajstić information content (AvgIpc) is 3.80. The van der Waals surface area contributed by atoms with Gasteiger partial charge in [-0.15, -0.1) is 0 Å². The molecule has 4 aliphatic rings. The van der Waals surface area contributed by atoms with Crippen LogP contribution in [0, 0.1) is 11.7 Å². The van der Waals surface area contributed by atoms with E-state index in [4.69, 9.17) is 26.1 Å². The second kappa shape index (κ2) is 15.2. The van der Waals surface area contributed by atoms with Crippen molar-refractivity contribution < 1.29 is 36.8 Å². The number of ether oxygens (including phenoxy) is 2. The van der Waals surface area contributed by atoms with Gasteiger partial charge in [-0.2, -0.15) is 4.98 Å². The maximum atomic E-state index is 16.9. The zero-order valence-corrected chi connectivity index (χ0v) is 33.2. The molecule has 1 unspecified atom stereocenters. The smallest absolute Gasteiger partial charge is 0.434 e. The minimum Gasteiger partial charge on any atom is -0.444 e. The van der Waals surface area contributed by atoms with Gasteiger partial charge in [-0.3, -0.25) is 14.7 Å². The zero-order valence-electron chi connectivity index (χ0n) is 32.4. The summed E-state index contributed by atoms with van der Waals surface area (Å²) in [6, 6.07) is 10.5. The topological polar surface area (TPSA) is 104 Å². The highest BCUT2D eigenvalue weighted by Gasteiger charge is 2.49. The number of nitrogens with zero attached hydrogens (tertiary/aromatic N) is 7. The van der Waals surface area contributed by atoms with Crippen molar-refractivity contribution in [2.45, 2.75) is 76.0 Å². The van der Waals surface area contributed by atoms with E-state index in [1.54, 1.807) is 67.8 Å². The number of carbonyl (C=O) groups is 2. The molecule has 4 aromatic rings. The number of hydrogen-bond acceptors (Lipinski definition) is 8. The van der Waals surface area contributed by atoms with Crippen LogP contribution in [-0.4, -0.2) is 128 Å². The molecule has 2 aromatic heterocycles. The molecule has 15 heteroatoms. The average molecular weight is 805 g/mol. The lowest BCUT2D eigenvalue weighted by Crippen LogP contribution is -2.51. The van der Waals surface area contributed by atoms with E-state index in [0.29, 0.717) is 41.9 Å². The lowest BCUT2D eigenvalue weighted by atomic mass is 9.95. The van der Waals surface area contributed by atoms with Gasteiger partial charge in [-0.25, -0.2) is 22.5 Å². The summed E-state index contributed by atoms with van der Waals surface area (Å²) in [5, 5.41) is 2.17. The fourth-order valence-corrected chi connectivity index (χ4v) is 8.89. The number of likely N-dealkylation sites (tertiary alicyclic amines) is 2. The first-order valence-corrected chi connectivity index (χ1v) is 19.8. The third-order valence-corrected chi connectivity index (χ3v) is 11.8. The molecule has 5 atom stereocenters. The molecule has 0 aliphatic carbocycles. The highest BCUT2D eigenvalue weighted by Crippen LogP contribution is 2.41. The SMILES string of the molecule is C/[N+](=C\C1CN(C(=O)/C=C/[C@H]2CCN2C(=O)OC(C)(C)C)C[C@H]1F)c1nc(OC[C@@]23CCCN2C[C@H](F)C3)nc2c(F)c(-c3cccc4cccc(Cl)c34)ncc12. The van der Waals surface area contributed by atoms with Crippen molar-refractivity contribution in [2.24, 2.45) is 5.92 Å². The van der Waals surface area contributed by atoms with Crippen molar-refractivity contribution in [1.82, 2.24) is 29.7 Å². The Labute approximate surface area is 334 Å². The molecule has 57 heavy (non-hydrogen) atoms. The number of amides is 2. The van der Waals surface area contributed by atoms with Crippen LogP contribution in [0.5, 0.6) is 6.01 Å². The number of halogens is 4. The third kappa shape index (κ3) is 7.65. The summed E-state index contributed by atoms with van der Waals surface area (Å²) in [7, 11) is 1.67. The Morgan fingerprint density at radius 1 is 1.09 bits per heavy atom. The standard InChI is InChI=1S/C42H46ClF3N7O4/c1-41(2,3)57-40(55)53-17-14-28(53)12-13-33(54)51-21-26(32(45)23-51)20-50(4)38-30-19-47-36(29-10-5-8-25-9-6-11-31(43)34(25)29)35(46)37(30)48-39(49-38)56-24-42-15-7-16-52(42)22-27(44)18-42/h5-6,8-13,19-20,26-28,32H,7,14-18,21-24H2,1-4H3/q+1/b13-12+,50-20+/t26?,27-,28+,32-,42+/m1/s1. The molecule has 2 amide bonds. The fraction of sp³-hybridized carbons (Fsp3) is 0.476. The van der Waals surface area contributed by atoms with E-state index in [-0.39, 0.29) is 60.1 Å². The molecule has 0 N–H and O–H groups in total. The number of pyridine rings is 1. The van der Waals surface area contributed by atoms with Crippen LogP contribution in [0.3, 0.4) is 0 Å². The van der Waals surface area contributed by atoms with Crippen molar-refractivity contribution in [2.75, 3.05) is 46.4 Å². The molecule has 0 radical (unpaired) electrons. The highest BCUT2D eigenvalue weighted by atomic mass is 35.5. The summed E-state index contributed by atoms with van der Waals surface area (Å²) in [6.07, 6.45) is 6.06. The van der Waals surface area contributed by atoms with Crippen LogP contribution in [0.25, 0.3) is 32.9 Å². The number of rotatable bonds is 8. The van der Waals surface area contributed by atoms with E-state index < -0.39 is 41.3 Å². The first-order valence-electron chi connectivity index (χ1n) is 19.4. The second-order valence-electron chi connectivity index (χ2n) is 16.6. The molecule has 2 aromatic carbocycles. The predicted molar refractivity (Wildman–Crippen MR) is 211 cm³/mol. The van der Waals surface area contributed by atoms with Gasteiger partial charge >= 0.3 is 17.9 Å². The van der Waals surface area contributed by atoms with Crippen molar-refractivity contribution in [3.8, 4) is 17.3 Å². The van der Waals surface area contributed by atoms with Gasteiger partial charge in [0.1, 0.15) is 41.1 Å². The number of aromatic nitrogens is 3. The number of carbonyl (C=O) groups excluding carboxylic acids is 2. The van der Waals surface area contributed by atoms with Gasteiger partial charge in [0, 0.05) is 59.3 Å². The lowest BCUT2D eigenvalue weighted by molar-refractivity contribution is -0.405. The zero-order chi connectivity index (χ0) is 40.2. The summed E-state index contributed by atoms with van der Waals surface area (Å²) in [6.45, 7) is 7.11. The summed E-state index contributed by atoms with van der Waals surface area (Å²) < 4.78 is 60.4. The minimum atomic E-state index is -1.39. The van der Waals surface area contributed by atoms with Crippen LogP contribution < -0.4 is 4.74 Å². The van der Waals surface area contributed by atoms with Gasteiger partial charge in [0.05, 0.1) is 37.3 Å². The van der Waals surface area contributed by atoms with E-state index in [2.05, 4.69) is 14.9 Å². The molecular weight excluding hydrogens is 759 g/mol. The van der Waals surface area contributed by atoms with Gasteiger partial charge in [0.25, 0.3) is 0 Å². The Hall–Kier alpha value is -4.82. The van der Waals surface area contributed by atoms with E-state index in [0.717, 1.165) is 24.8 Å². The monoisotopic (exact) mass is 804 g/mol. The van der Waals surface area contributed by atoms with Gasteiger partial charge in [-0.05, 0) is 58.0 Å². The molecule has 0 saturated carbocycles. The van der Waals surface area contributed by atoms with Crippen molar-refractivity contribution in [3.05, 3.63) is 65.6 Å². The third-order valence-electron chi connectivity index (χ3n) is 11.5. The fourth-order valence-electron chi connectivity index (χ4n) is 8.60. The molecule has 6 heterocycles. The number of hydrogen-bond donors (Lipinski definition) is 0. The normalized spacial score (nSPS) is 25.4. The Morgan fingerprint density at radius 3 is 2.63 bits per heavy atom. The number of benzene rings is 2. The quantitative estimate of drug-likeness (QED) is 0.104. The first-order chi connectivity index (χ1) is 27.2. The highest BCUT2D eigenvalue weighted by molar-refractivity contribution is 6.36. The summed E-state index contributed by atoms with van der Waals surface area (Å²) in [5.74, 6) is -1.57. The Balaban J connectivity index is 1.09. The number of fused-ring (bicyclic) bond motifs is 3. The molecule has 4 saturated heterocycles. The Morgan fingerprint density at radius 2 is 1.88 bits per heavy atom. The summed E-state index contributed by atoms with van der Waals surface area (Å²) >= 11 is 6.62. The molecular formula is C42H46ClF3N7O4+. The van der Waals surface area contributed by atoms with E-state index >= 15 is 8.78 Å². The van der Waals surface area contributed by atoms with Gasteiger partial charge in [-0.1, -0.05) is 48.0 Å². The molecule has 8 rings (SSSR count). The van der Waals surface area contributed by atoms with Crippen molar-refractivity contribution in [3.63, 3.8) is 0 Å². The van der Waals surface area contributed by atoms with Crippen LogP contribution in [-0.2, 0) is 9.53 Å². The molecule has 300 valence electrons. The maximum absolute atomic E-state index is 16.9. The van der Waals surface area contributed by atoms with Gasteiger partial charge in [0.2, 0.25) is 5.91 Å². The van der Waals surface area contributed by atoms with E-state index in [1.165, 1.54) is 17.2 Å². The first kappa shape index (κ1) is 39.0. The molecule has 4 aliphatic heterocycles. The van der Waals surface area contributed by atoms with Crippen molar-refractivity contribution >= 4 is 57.3 Å². The molecule has 0 spiro atoms. The predicted octanol–water partition coefficient (Wildman–Crippen LogP) is 7.30.